The van der Waals surface area contributed by atoms with E-state index in [1.807, 2.05) is 19.9 Å². The van der Waals surface area contributed by atoms with E-state index in [4.69, 9.17) is 11.5 Å². The van der Waals surface area contributed by atoms with Gasteiger partial charge in [0.1, 0.15) is 5.82 Å². The molecule has 1 aromatic heterocycles. The summed E-state index contributed by atoms with van der Waals surface area (Å²) in [4.78, 5) is 18.7. The molecule has 1 aromatic rings. The van der Waals surface area contributed by atoms with Crippen LogP contribution < -0.4 is 16.4 Å². The maximum absolute atomic E-state index is 11.8. The number of aromatic nitrogens is 1. The highest BCUT2D eigenvalue weighted by Gasteiger charge is 2.38. The summed E-state index contributed by atoms with van der Waals surface area (Å²) in [5.74, 6) is 1.68. The lowest BCUT2D eigenvalue weighted by Crippen LogP contribution is -2.32. The average Bonchev–Trinajstić information content (AvgIpc) is 2.79. The van der Waals surface area contributed by atoms with Gasteiger partial charge < -0.3 is 16.4 Å². The summed E-state index contributed by atoms with van der Waals surface area (Å²) in [5, 5.41) is 0. The molecule has 0 spiro atoms. The Morgan fingerprint density at radius 3 is 2.71 bits per heavy atom. The number of primary amides is 1. The van der Waals surface area contributed by atoms with Gasteiger partial charge in [0.25, 0.3) is 5.91 Å². The van der Waals surface area contributed by atoms with E-state index < -0.39 is 0 Å². The van der Waals surface area contributed by atoms with Crippen molar-refractivity contribution in [1.82, 2.24) is 4.98 Å². The fourth-order valence-corrected chi connectivity index (χ4v) is 3.99. The zero-order valence-electron chi connectivity index (χ0n) is 12.8. The molecule has 1 aliphatic heterocycles. The van der Waals surface area contributed by atoms with Crippen molar-refractivity contribution in [1.29, 1.82) is 0 Å². The molecule has 4 N–H and O–H groups in total. The van der Waals surface area contributed by atoms with Crippen LogP contribution in [0.2, 0.25) is 0 Å². The molecule has 21 heavy (non-hydrogen) atoms. The van der Waals surface area contributed by atoms with Crippen LogP contribution in [0.15, 0.2) is 6.07 Å². The summed E-state index contributed by atoms with van der Waals surface area (Å²) < 4.78 is 0. The van der Waals surface area contributed by atoms with Crippen LogP contribution in [0.3, 0.4) is 0 Å². The Morgan fingerprint density at radius 1 is 1.29 bits per heavy atom. The molecular weight excluding hydrogens is 264 g/mol. The van der Waals surface area contributed by atoms with Crippen molar-refractivity contribution in [2.24, 2.45) is 23.3 Å². The number of carbonyl (C=O) groups excluding carboxylic acids is 1. The van der Waals surface area contributed by atoms with Gasteiger partial charge in [-0.15, -0.1) is 0 Å². The van der Waals surface area contributed by atoms with E-state index in [2.05, 4.69) is 9.88 Å². The van der Waals surface area contributed by atoms with Gasteiger partial charge in [-0.25, -0.2) is 4.98 Å². The van der Waals surface area contributed by atoms with Crippen LogP contribution in [0, 0.1) is 25.7 Å². The Labute approximate surface area is 125 Å². The van der Waals surface area contributed by atoms with E-state index in [1.54, 1.807) is 0 Å². The third kappa shape index (κ3) is 2.62. The van der Waals surface area contributed by atoms with Gasteiger partial charge in [0.15, 0.2) is 0 Å². The maximum Gasteiger partial charge on any atom is 0.252 e. The molecule has 1 unspecified atom stereocenters. The molecule has 114 valence electrons. The van der Waals surface area contributed by atoms with Gasteiger partial charge in [-0.1, -0.05) is 0 Å². The topological polar surface area (TPSA) is 85.2 Å². The maximum atomic E-state index is 11.8. The fourth-order valence-electron chi connectivity index (χ4n) is 3.99. The van der Waals surface area contributed by atoms with Gasteiger partial charge in [0.05, 0.1) is 5.56 Å². The van der Waals surface area contributed by atoms with Gasteiger partial charge in [-0.3, -0.25) is 4.79 Å². The minimum atomic E-state index is -0.387. The number of amides is 1. The molecule has 1 aliphatic carbocycles. The monoisotopic (exact) mass is 288 g/mol. The molecule has 0 bridgehead atoms. The van der Waals surface area contributed by atoms with Crippen LogP contribution in [0.5, 0.6) is 0 Å². The summed E-state index contributed by atoms with van der Waals surface area (Å²) in [7, 11) is 0. The molecule has 3 atom stereocenters. The van der Waals surface area contributed by atoms with Crippen molar-refractivity contribution in [3.8, 4) is 0 Å². The van der Waals surface area contributed by atoms with E-state index in [9.17, 15) is 4.79 Å². The molecule has 5 heteroatoms. The number of fused-ring (bicyclic) bond motifs is 1. The van der Waals surface area contributed by atoms with Crippen molar-refractivity contribution in [3.63, 3.8) is 0 Å². The molecule has 1 amide bonds. The first-order chi connectivity index (χ1) is 9.95. The molecule has 3 rings (SSSR count). The second-order valence-electron chi connectivity index (χ2n) is 6.64. The van der Waals surface area contributed by atoms with Crippen LogP contribution in [0.25, 0.3) is 0 Å². The number of aryl methyl sites for hydroxylation is 2. The molecule has 2 fully saturated rings. The predicted molar refractivity (Wildman–Crippen MR) is 83.2 cm³/mol. The zero-order valence-corrected chi connectivity index (χ0v) is 12.8. The minimum absolute atomic E-state index is 0.328. The van der Waals surface area contributed by atoms with Gasteiger partial charge in [0.2, 0.25) is 0 Å². The lowest BCUT2D eigenvalue weighted by molar-refractivity contribution is 0.1000. The Balaban J connectivity index is 1.93. The number of rotatable bonds is 2. The van der Waals surface area contributed by atoms with Gasteiger partial charge in [-0.2, -0.15) is 0 Å². The van der Waals surface area contributed by atoms with Gasteiger partial charge >= 0.3 is 0 Å². The highest BCUT2D eigenvalue weighted by molar-refractivity contribution is 5.99. The first kappa shape index (κ1) is 14.3. The van der Waals surface area contributed by atoms with Crippen LogP contribution >= 0.6 is 0 Å². The fraction of sp³-hybridized carbons (Fsp3) is 0.625. The summed E-state index contributed by atoms with van der Waals surface area (Å²) in [6.07, 6.45) is 3.37. The molecule has 0 radical (unpaired) electrons. The van der Waals surface area contributed by atoms with Gasteiger partial charge in [0, 0.05) is 24.8 Å². The number of hydrogen-bond donors (Lipinski definition) is 2. The Morgan fingerprint density at radius 2 is 2.00 bits per heavy atom. The normalized spacial score (nSPS) is 28.5. The Hall–Kier alpha value is -1.62. The number of carbonyl (C=O) groups is 1. The standard InChI is InChI=1S/C16H24N4O/c1-9-5-10(2)19-16(14(9)15(18)21)20-7-11-3-4-13(17)6-12(11)8-20/h5,11-13H,3-4,6-8,17H2,1-2H3,(H2,18,21)/t11-,12+,13?/m1/s1. The lowest BCUT2D eigenvalue weighted by atomic mass is 9.79. The SMILES string of the molecule is Cc1cc(C)c(C(N)=O)c(N2C[C@H]3CCC(N)C[C@H]3C2)n1. The summed E-state index contributed by atoms with van der Waals surface area (Å²) in [6.45, 7) is 5.79. The van der Waals surface area contributed by atoms with Crippen molar-refractivity contribution in [3.05, 3.63) is 22.9 Å². The van der Waals surface area contributed by atoms with E-state index in [1.165, 1.54) is 6.42 Å². The third-order valence-electron chi connectivity index (χ3n) is 4.96. The van der Waals surface area contributed by atoms with Crippen LogP contribution in [-0.2, 0) is 0 Å². The highest BCUT2D eigenvalue weighted by atomic mass is 16.1. The van der Waals surface area contributed by atoms with Gasteiger partial charge in [-0.05, 0) is 56.6 Å². The predicted octanol–water partition coefficient (Wildman–Crippen LogP) is 1.36. The van der Waals surface area contributed by atoms with Crippen LogP contribution in [0.1, 0.15) is 40.9 Å². The summed E-state index contributed by atoms with van der Waals surface area (Å²) in [6, 6.07) is 2.25. The molecular formula is C16H24N4O. The van der Waals surface area contributed by atoms with Crippen molar-refractivity contribution in [2.75, 3.05) is 18.0 Å². The molecule has 2 heterocycles. The lowest BCUT2D eigenvalue weighted by Gasteiger charge is -2.27. The molecule has 2 aliphatic rings. The van der Waals surface area contributed by atoms with Crippen molar-refractivity contribution >= 4 is 11.7 Å². The van der Waals surface area contributed by atoms with E-state index in [0.717, 1.165) is 43.0 Å². The molecule has 1 saturated heterocycles. The molecule has 1 saturated carbocycles. The first-order valence-electron chi connectivity index (χ1n) is 7.74. The number of nitrogens with zero attached hydrogens (tertiary/aromatic N) is 2. The largest absolute Gasteiger partial charge is 0.365 e. The second kappa shape index (κ2) is 5.30. The van der Waals surface area contributed by atoms with E-state index in [-0.39, 0.29) is 5.91 Å². The highest BCUT2D eigenvalue weighted by Crippen LogP contribution is 2.38. The second-order valence-corrected chi connectivity index (χ2v) is 6.64. The minimum Gasteiger partial charge on any atom is -0.365 e. The van der Waals surface area contributed by atoms with Crippen molar-refractivity contribution in [2.45, 2.75) is 39.2 Å². The number of pyridine rings is 1. The van der Waals surface area contributed by atoms with E-state index >= 15 is 0 Å². The smallest absolute Gasteiger partial charge is 0.252 e. The first-order valence-corrected chi connectivity index (χ1v) is 7.74. The Bertz CT molecular complexity index is 572. The third-order valence-corrected chi connectivity index (χ3v) is 4.96. The molecule has 0 aromatic carbocycles. The number of anilines is 1. The van der Waals surface area contributed by atoms with Crippen molar-refractivity contribution < 1.29 is 4.79 Å². The van der Waals surface area contributed by atoms with Crippen LogP contribution in [-0.4, -0.2) is 30.0 Å². The quantitative estimate of drug-likeness (QED) is 0.860. The average molecular weight is 288 g/mol. The Kier molecular flexibility index (Phi) is 3.61. The zero-order chi connectivity index (χ0) is 15.1. The number of nitrogens with two attached hydrogens (primary N) is 2. The summed E-state index contributed by atoms with van der Waals surface area (Å²) >= 11 is 0. The number of hydrogen-bond acceptors (Lipinski definition) is 4. The molecule has 5 nitrogen and oxygen atoms in total. The van der Waals surface area contributed by atoms with E-state index in [0.29, 0.717) is 23.4 Å². The van der Waals surface area contributed by atoms with Crippen LogP contribution in [0.4, 0.5) is 5.82 Å². The summed E-state index contributed by atoms with van der Waals surface area (Å²) in [5.41, 5.74) is 14.1.